The number of hydrogen-bond donors (Lipinski definition) is 0. The summed E-state index contributed by atoms with van der Waals surface area (Å²) < 4.78 is 33.3. The lowest BCUT2D eigenvalue weighted by Crippen LogP contribution is -2.16. The van der Waals surface area contributed by atoms with Crippen molar-refractivity contribution in [1.82, 2.24) is 8.96 Å². The number of para-hydroxylation sites is 2. The molecule has 5 nitrogen and oxygen atoms in total. The number of rotatable bonds is 5. The van der Waals surface area contributed by atoms with E-state index in [9.17, 15) is 8.42 Å². The van der Waals surface area contributed by atoms with E-state index in [1.807, 2.05) is 48.5 Å². The van der Waals surface area contributed by atoms with Crippen LogP contribution in [0.25, 0.3) is 11.0 Å². The summed E-state index contributed by atoms with van der Waals surface area (Å²) in [6.07, 6.45) is 0.422. The van der Waals surface area contributed by atoms with Crippen LogP contribution in [-0.4, -0.2) is 24.5 Å². The summed E-state index contributed by atoms with van der Waals surface area (Å²) in [5, 5.41) is 0. The van der Waals surface area contributed by atoms with E-state index in [0.717, 1.165) is 5.56 Å². The predicted octanol–water partition coefficient (Wildman–Crippen LogP) is 3.87. The fourth-order valence-corrected chi connectivity index (χ4v) is 4.55. The Morgan fingerprint density at radius 1 is 0.889 bits per heavy atom. The maximum Gasteiger partial charge on any atom is 0.269 e. The predicted molar refractivity (Wildman–Crippen MR) is 105 cm³/mol. The van der Waals surface area contributed by atoms with Crippen LogP contribution in [0.3, 0.4) is 0 Å². The zero-order valence-electron chi connectivity index (χ0n) is 14.7. The molecule has 0 saturated heterocycles. The van der Waals surface area contributed by atoms with Crippen molar-refractivity contribution in [3.05, 3.63) is 90.3 Å². The Kier molecular flexibility index (Phi) is 4.41. The van der Waals surface area contributed by atoms with Crippen LogP contribution in [0.2, 0.25) is 0 Å². The largest absolute Gasteiger partial charge is 0.497 e. The Balaban J connectivity index is 1.89. The molecule has 0 saturated carbocycles. The van der Waals surface area contributed by atoms with E-state index in [1.54, 1.807) is 37.4 Å². The number of hydrogen-bond acceptors (Lipinski definition) is 4. The molecule has 0 amide bonds. The van der Waals surface area contributed by atoms with Gasteiger partial charge in [-0.2, -0.15) is 0 Å². The molecule has 3 aromatic carbocycles. The number of imidazole rings is 1. The van der Waals surface area contributed by atoms with Gasteiger partial charge in [-0.15, -0.1) is 0 Å². The highest BCUT2D eigenvalue weighted by atomic mass is 32.2. The van der Waals surface area contributed by atoms with Crippen molar-refractivity contribution in [3.8, 4) is 5.75 Å². The van der Waals surface area contributed by atoms with Gasteiger partial charge >= 0.3 is 0 Å². The van der Waals surface area contributed by atoms with Crippen molar-refractivity contribution < 1.29 is 13.2 Å². The van der Waals surface area contributed by atoms with Gasteiger partial charge in [0.05, 0.1) is 23.0 Å². The SMILES string of the molecule is COc1ccc(S(=O)(=O)n2c(Cc3ccccc3)nc3ccccc32)cc1. The number of fused-ring (bicyclic) bond motifs is 1. The molecule has 0 atom stereocenters. The van der Waals surface area contributed by atoms with E-state index in [-0.39, 0.29) is 4.90 Å². The standard InChI is InChI=1S/C21H18N2O3S/c1-26-17-11-13-18(14-12-17)27(24,25)23-20-10-6-5-9-19(20)22-21(23)15-16-7-3-2-4-8-16/h2-14H,15H2,1H3. The van der Waals surface area contributed by atoms with Gasteiger partial charge in [0, 0.05) is 6.42 Å². The Labute approximate surface area is 157 Å². The van der Waals surface area contributed by atoms with Crippen LogP contribution in [0, 0.1) is 0 Å². The van der Waals surface area contributed by atoms with Gasteiger partial charge in [0.25, 0.3) is 10.0 Å². The zero-order valence-corrected chi connectivity index (χ0v) is 15.6. The molecule has 0 fully saturated rings. The fraction of sp³-hybridized carbons (Fsp3) is 0.0952. The molecular formula is C21H18N2O3S. The van der Waals surface area contributed by atoms with Crippen molar-refractivity contribution in [2.24, 2.45) is 0 Å². The molecule has 0 N–H and O–H groups in total. The van der Waals surface area contributed by atoms with Gasteiger partial charge in [-0.1, -0.05) is 42.5 Å². The monoisotopic (exact) mass is 378 g/mol. The van der Waals surface area contributed by atoms with Gasteiger partial charge < -0.3 is 4.74 Å². The molecule has 0 aliphatic heterocycles. The van der Waals surface area contributed by atoms with Crippen molar-refractivity contribution in [2.45, 2.75) is 11.3 Å². The van der Waals surface area contributed by atoms with Crippen LogP contribution in [0.4, 0.5) is 0 Å². The summed E-state index contributed by atoms with van der Waals surface area (Å²) in [5.41, 5.74) is 2.22. The Bertz CT molecular complexity index is 1180. The van der Waals surface area contributed by atoms with Gasteiger partial charge in [0.1, 0.15) is 11.6 Å². The molecule has 4 rings (SSSR count). The number of aromatic nitrogens is 2. The molecule has 0 radical (unpaired) electrons. The van der Waals surface area contributed by atoms with E-state index in [2.05, 4.69) is 4.98 Å². The summed E-state index contributed by atoms with van der Waals surface area (Å²) in [7, 11) is -2.25. The Hall–Kier alpha value is -3.12. The van der Waals surface area contributed by atoms with Gasteiger partial charge in [0.15, 0.2) is 0 Å². The zero-order chi connectivity index (χ0) is 18.9. The number of ether oxygens (including phenoxy) is 1. The highest BCUT2D eigenvalue weighted by Crippen LogP contribution is 2.26. The molecule has 0 bridgehead atoms. The van der Waals surface area contributed by atoms with Gasteiger partial charge in [-0.05, 0) is 42.0 Å². The second kappa shape index (κ2) is 6.89. The molecule has 27 heavy (non-hydrogen) atoms. The van der Waals surface area contributed by atoms with E-state index in [4.69, 9.17) is 4.74 Å². The molecule has 6 heteroatoms. The summed E-state index contributed by atoms with van der Waals surface area (Å²) in [4.78, 5) is 4.79. The molecular weight excluding hydrogens is 360 g/mol. The first kappa shape index (κ1) is 17.3. The van der Waals surface area contributed by atoms with Crippen LogP contribution in [0.5, 0.6) is 5.75 Å². The lowest BCUT2D eigenvalue weighted by atomic mass is 10.1. The average molecular weight is 378 g/mol. The van der Waals surface area contributed by atoms with Crippen LogP contribution < -0.4 is 4.74 Å². The van der Waals surface area contributed by atoms with E-state index < -0.39 is 10.0 Å². The molecule has 136 valence electrons. The van der Waals surface area contributed by atoms with Crippen molar-refractivity contribution in [2.75, 3.05) is 7.11 Å². The number of methoxy groups -OCH3 is 1. The minimum Gasteiger partial charge on any atom is -0.497 e. The van der Waals surface area contributed by atoms with Crippen molar-refractivity contribution in [1.29, 1.82) is 0 Å². The van der Waals surface area contributed by atoms with Crippen LogP contribution in [0.1, 0.15) is 11.4 Å². The smallest absolute Gasteiger partial charge is 0.269 e. The van der Waals surface area contributed by atoms with Crippen LogP contribution in [-0.2, 0) is 16.4 Å². The van der Waals surface area contributed by atoms with E-state index in [0.29, 0.717) is 29.0 Å². The van der Waals surface area contributed by atoms with Crippen molar-refractivity contribution in [3.63, 3.8) is 0 Å². The van der Waals surface area contributed by atoms with Crippen LogP contribution in [0.15, 0.2) is 83.8 Å². The quantitative estimate of drug-likeness (QED) is 0.529. The van der Waals surface area contributed by atoms with Gasteiger partial charge in [-0.3, -0.25) is 0 Å². The first-order valence-corrected chi connectivity index (χ1v) is 9.93. The molecule has 0 spiro atoms. The molecule has 4 aromatic rings. The second-order valence-corrected chi connectivity index (χ2v) is 7.91. The summed E-state index contributed by atoms with van der Waals surface area (Å²) >= 11 is 0. The third-order valence-electron chi connectivity index (χ3n) is 4.39. The first-order valence-electron chi connectivity index (χ1n) is 8.49. The summed E-state index contributed by atoms with van der Waals surface area (Å²) in [5.74, 6) is 1.09. The van der Waals surface area contributed by atoms with Crippen molar-refractivity contribution >= 4 is 21.1 Å². The fourth-order valence-electron chi connectivity index (χ4n) is 3.07. The minimum absolute atomic E-state index is 0.195. The normalized spacial score (nSPS) is 11.6. The highest BCUT2D eigenvalue weighted by Gasteiger charge is 2.24. The first-order chi connectivity index (χ1) is 13.1. The maximum atomic E-state index is 13.4. The number of nitrogens with zero attached hydrogens (tertiary/aromatic N) is 2. The molecule has 1 aromatic heterocycles. The molecule has 1 heterocycles. The third-order valence-corrected chi connectivity index (χ3v) is 6.14. The lowest BCUT2D eigenvalue weighted by molar-refractivity contribution is 0.414. The average Bonchev–Trinajstić information content (AvgIpc) is 3.07. The van der Waals surface area contributed by atoms with Gasteiger partial charge in [0.2, 0.25) is 0 Å². The minimum atomic E-state index is -3.80. The molecule has 0 unspecified atom stereocenters. The van der Waals surface area contributed by atoms with E-state index in [1.165, 1.54) is 3.97 Å². The summed E-state index contributed by atoms with van der Waals surface area (Å²) in [6.45, 7) is 0. The second-order valence-electron chi connectivity index (χ2n) is 6.12. The number of benzene rings is 3. The lowest BCUT2D eigenvalue weighted by Gasteiger charge is -2.11. The van der Waals surface area contributed by atoms with Crippen LogP contribution >= 0.6 is 0 Å². The third kappa shape index (κ3) is 3.19. The van der Waals surface area contributed by atoms with Gasteiger partial charge in [-0.25, -0.2) is 17.4 Å². The highest BCUT2D eigenvalue weighted by molar-refractivity contribution is 7.90. The van der Waals surface area contributed by atoms with E-state index >= 15 is 0 Å². The topological polar surface area (TPSA) is 61.2 Å². The maximum absolute atomic E-state index is 13.4. The molecule has 0 aliphatic carbocycles. The summed E-state index contributed by atoms with van der Waals surface area (Å²) in [6, 6.07) is 23.4. The molecule has 0 aliphatic rings. The Morgan fingerprint density at radius 2 is 1.56 bits per heavy atom. The Morgan fingerprint density at radius 3 is 2.26 bits per heavy atom.